The molecule has 0 atom stereocenters. The van der Waals surface area contributed by atoms with Gasteiger partial charge in [0.05, 0.1) is 12.7 Å². The second-order valence-electron chi connectivity index (χ2n) is 7.73. The molecule has 0 fully saturated rings. The Kier molecular flexibility index (Phi) is 5.64. The molecule has 0 spiro atoms. The van der Waals surface area contributed by atoms with Crippen molar-refractivity contribution < 1.29 is 19.0 Å². The van der Waals surface area contributed by atoms with Gasteiger partial charge in [0, 0.05) is 6.07 Å². The van der Waals surface area contributed by atoms with Crippen LogP contribution in [-0.4, -0.2) is 12.9 Å². The first-order chi connectivity index (χ1) is 16.2. The third-order valence-electron chi connectivity index (χ3n) is 5.50. The first-order valence-corrected chi connectivity index (χ1v) is 10.7. The zero-order valence-electron chi connectivity index (χ0n) is 18.2. The first-order valence-electron chi connectivity index (χ1n) is 10.7. The first kappa shape index (κ1) is 20.6. The number of hydrogen-bond donors (Lipinski definition) is 0. The number of benzene rings is 4. The number of carbonyl (C=O) groups excluding carboxylic acids is 1. The maximum Gasteiger partial charge on any atom is 0.231 e. The summed E-state index contributed by atoms with van der Waals surface area (Å²) in [6.07, 6.45) is 1.77. The third-order valence-corrected chi connectivity index (χ3v) is 5.50. The minimum atomic E-state index is -0.128. The topological polar surface area (TPSA) is 44.8 Å². The number of fused-ring (bicyclic) bond motifs is 1. The largest absolute Gasteiger partial charge is 0.497 e. The van der Waals surface area contributed by atoms with Crippen LogP contribution in [0, 0.1) is 0 Å². The summed E-state index contributed by atoms with van der Waals surface area (Å²) in [6.45, 7) is 0.389. The van der Waals surface area contributed by atoms with E-state index in [1.165, 1.54) is 0 Å². The highest BCUT2D eigenvalue weighted by Gasteiger charge is 2.27. The van der Waals surface area contributed by atoms with Crippen LogP contribution in [-0.2, 0) is 6.61 Å². The number of Topliss-reactive ketones (excluding diaryl/α,β-unsaturated/α-hetero) is 1. The Bertz CT molecular complexity index is 1320. The van der Waals surface area contributed by atoms with Crippen LogP contribution in [0.1, 0.15) is 21.5 Å². The molecule has 0 amide bonds. The molecule has 162 valence electrons. The Morgan fingerprint density at radius 1 is 0.788 bits per heavy atom. The summed E-state index contributed by atoms with van der Waals surface area (Å²) in [7, 11) is 1.64. The lowest BCUT2D eigenvalue weighted by atomic mass is 10.0. The van der Waals surface area contributed by atoms with E-state index in [1.807, 2.05) is 66.7 Å². The van der Waals surface area contributed by atoms with Gasteiger partial charge < -0.3 is 14.2 Å². The predicted octanol–water partition coefficient (Wildman–Crippen LogP) is 6.56. The van der Waals surface area contributed by atoms with Gasteiger partial charge in [0.15, 0.2) is 5.76 Å². The number of hydrogen-bond acceptors (Lipinski definition) is 4. The lowest BCUT2D eigenvalue weighted by Crippen LogP contribution is -1.98. The number of ketones is 1. The second-order valence-corrected chi connectivity index (χ2v) is 7.73. The summed E-state index contributed by atoms with van der Waals surface area (Å²) in [5.74, 6) is 2.11. The highest BCUT2D eigenvalue weighted by molar-refractivity contribution is 6.14. The van der Waals surface area contributed by atoms with Crippen LogP contribution in [0.15, 0.2) is 103 Å². The van der Waals surface area contributed by atoms with Crippen molar-refractivity contribution >= 4 is 11.9 Å². The number of allylic oxidation sites excluding steroid dienone is 1. The van der Waals surface area contributed by atoms with Crippen LogP contribution in [0.3, 0.4) is 0 Å². The summed E-state index contributed by atoms with van der Waals surface area (Å²) in [6, 6.07) is 31.2. The minimum Gasteiger partial charge on any atom is -0.497 e. The quantitative estimate of drug-likeness (QED) is 0.323. The molecule has 33 heavy (non-hydrogen) atoms. The molecule has 0 aromatic heterocycles. The van der Waals surface area contributed by atoms with Crippen LogP contribution < -0.4 is 14.2 Å². The molecule has 4 nitrogen and oxygen atoms in total. The molecule has 4 heteroatoms. The standard InChI is InChI=1S/C29H22O4/c1-31-24-9-5-6-21(16-24)19-32-25-14-15-26-27(18-25)33-28(29(26)30)17-20-10-12-23(13-11-20)22-7-3-2-4-8-22/h2-18H,19H2,1H3/b28-17-. The smallest absolute Gasteiger partial charge is 0.231 e. The summed E-state index contributed by atoms with van der Waals surface area (Å²) in [5, 5.41) is 0. The molecule has 0 unspecified atom stereocenters. The maximum atomic E-state index is 12.8. The normalized spacial score (nSPS) is 13.5. The second kappa shape index (κ2) is 9.05. The van der Waals surface area contributed by atoms with Gasteiger partial charge in [-0.05, 0) is 52.6 Å². The van der Waals surface area contributed by atoms with E-state index in [2.05, 4.69) is 12.1 Å². The fourth-order valence-corrected chi connectivity index (χ4v) is 3.74. The van der Waals surface area contributed by atoms with Gasteiger partial charge in [0.25, 0.3) is 0 Å². The van der Waals surface area contributed by atoms with Gasteiger partial charge in [-0.1, -0.05) is 66.7 Å². The summed E-state index contributed by atoms with van der Waals surface area (Å²) in [5.41, 5.74) is 4.71. The molecular weight excluding hydrogens is 412 g/mol. The van der Waals surface area contributed by atoms with Crippen LogP contribution in [0.25, 0.3) is 17.2 Å². The van der Waals surface area contributed by atoms with Gasteiger partial charge in [0.2, 0.25) is 5.78 Å². The number of ether oxygens (including phenoxy) is 3. The van der Waals surface area contributed by atoms with Crippen LogP contribution in [0.5, 0.6) is 17.2 Å². The van der Waals surface area contributed by atoms with Gasteiger partial charge in [0.1, 0.15) is 23.9 Å². The summed E-state index contributed by atoms with van der Waals surface area (Å²) >= 11 is 0. The molecule has 0 bridgehead atoms. The molecule has 1 heterocycles. The Hall–Kier alpha value is -4.31. The molecule has 5 rings (SSSR count). The molecular formula is C29H22O4. The van der Waals surface area contributed by atoms with E-state index < -0.39 is 0 Å². The van der Waals surface area contributed by atoms with E-state index in [4.69, 9.17) is 14.2 Å². The lowest BCUT2D eigenvalue weighted by Gasteiger charge is -2.08. The SMILES string of the molecule is COc1cccc(COc2ccc3c(c2)O/C(=C\c2ccc(-c4ccccc4)cc2)C3=O)c1. The minimum absolute atomic E-state index is 0.128. The zero-order chi connectivity index (χ0) is 22.6. The Labute approximate surface area is 192 Å². The summed E-state index contributed by atoms with van der Waals surface area (Å²) < 4.78 is 17.0. The average molecular weight is 434 g/mol. The molecule has 1 aliphatic heterocycles. The molecule has 4 aromatic rings. The molecule has 0 radical (unpaired) electrons. The lowest BCUT2D eigenvalue weighted by molar-refractivity contribution is 0.101. The highest BCUT2D eigenvalue weighted by Crippen LogP contribution is 2.35. The van der Waals surface area contributed by atoms with Gasteiger partial charge >= 0.3 is 0 Å². The van der Waals surface area contributed by atoms with E-state index in [9.17, 15) is 4.79 Å². The molecule has 0 aliphatic carbocycles. The van der Waals surface area contributed by atoms with E-state index in [0.717, 1.165) is 28.0 Å². The van der Waals surface area contributed by atoms with Gasteiger partial charge in [-0.15, -0.1) is 0 Å². The van der Waals surface area contributed by atoms with E-state index in [1.54, 1.807) is 31.4 Å². The monoisotopic (exact) mass is 434 g/mol. The summed E-state index contributed by atoms with van der Waals surface area (Å²) in [4.78, 5) is 12.8. The van der Waals surface area contributed by atoms with E-state index in [0.29, 0.717) is 29.4 Å². The van der Waals surface area contributed by atoms with Gasteiger partial charge in [-0.25, -0.2) is 0 Å². The van der Waals surface area contributed by atoms with E-state index >= 15 is 0 Å². The maximum absolute atomic E-state index is 12.8. The van der Waals surface area contributed by atoms with Crippen LogP contribution >= 0.6 is 0 Å². The molecule has 0 saturated carbocycles. The van der Waals surface area contributed by atoms with Crippen molar-refractivity contribution in [3.8, 4) is 28.4 Å². The van der Waals surface area contributed by atoms with Crippen molar-refractivity contribution in [3.63, 3.8) is 0 Å². The Morgan fingerprint density at radius 3 is 2.36 bits per heavy atom. The molecule has 4 aromatic carbocycles. The number of rotatable bonds is 6. The Morgan fingerprint density at radius 2 is 1.58 bits per heavy atom. The highest BCUT2D eigenvalue weighted by atomic mass is 16.5. The van der Waals surface area contributed by atoms with Crippen LogP contribution in [0.2, 0.25) is 0 Å². The predicted molar refractivity (Wildman–Crippen MR) is 129 cm³/mol. The molecule has 1 aliphatic rings. The van der Waals surface area contributed by atoms with Gasteiger partial charge in [-0.3, -0.25) is 4.79 Å². The van der Waals surface area contributed by atoms with Crippen molar-refractivity contribution in [1.29, 1.82) is 0 Å². The van der Waals surface area contributed by atoms with Crippen molar-refractivity contribution in [1.82, 2.24) is 0 Å². The fourth-order valence-electron chi connectivity index (χ4n) is 3.74. The number of methoxy groups -OCH3 is 1. The van der Waals surface area contributed by atoms with Crippen molar-refractivity contribution in [2.75, 3.05) is 7.11 Å². The van der Waals surface area contributed by atoms with Crippen molar-refractivity contribution in [3.05, 3.63) is 120 Å². The third kappa shape index (κ3) is 4.51. The zero-order valence-corrected chi connectivity index (χ0v) is 18.2. The number of carbonyl (C=O) groups is 1. The van der Waals surface area contributed by atoms with Crippen LogP contribution in [0.4, 0.5) is 0 Å². The molecule has 0 saturated heterocycles. The molecule has 0 N–H and O–H groups in total. The Balaban J connectivity index is 1.29. The van der Waals surface area contributed by atoms with Crippen molar-refractivity contribution in [2.45, 2.75) is 6.61 Å². The van der Waals surface area contributed by atoms with E-state index in [-0.39, 0.29) is 5.78 Å². The van der Waals surface area contributed by atoms with Crippen molar-refractivity contribution in [2.24, 2.45) is 0 Å². The fraction of sp³-hybridized carbons (Fsp3) is 0.0690. The van der Waals surface area contributed by atoms with Gasteiger partial charge in [-0.2, -0.15) is 0 Å². The average Bonchev–Trinajstić information content (AvgIpc) is 3.18.